The van der Waals surface area contributed by atoms with E-state index in [-0.39, 0.29) is 0 Å². The Morgan fingerprint density at radius 2 is 1.25 bits per heavy atom. The summed E-state index contributed by atoms with van der Waals surface area (Å²) < 4.78 is 11.6. The van der Waals surface area contributed by atoms with Crippen LogP contribution < -0.4 is 18.7 Å². The Bertz CT molecular complexity index is 2170. The first-order chi connectivity index (χ1) is 21.8. The second-order valence-electron chi connectivity index (χ2n) is 10.7. The zero-order chi connectivity index (χ0) is 29.7. The number of aromatic nitrogens is 4. The number of rotatable bonds is 9. The van der Waals surface area contributed by atoms with Gasteiger partial charge in [0.1, 0.15) is 6.54 Å². The first-order valence-electron chi connectivity index (χ1n) is 15.0. The predicted molar refractivity (Wildman–Crippen MR) is 179 cm³/mol. The van der Waals surface area contributed by atoms with Crippen LogP contribution in [0, 0.1) is 0 Å². The highest BCUT2D eigenvalue weighted by molar-refractivity contribution is 7.16. The summed E-state index contributed by atoms with van der Waals surface area (Å²) in [6.45, 7) is 5.64. The molecule has 218 valence electrons. The molecular weight excluding hydrogens is 581 g/mol. The molecule has 4 aromatic heterocycles. The number of benzene rings is 3. The molecule has 0 aliphatic rings. The van der Waals surface area contributed by atoms with Gasteiger partial charge in [-0.25, -0.2) is 4.57 Å². The lowest BCUT2D eigenvalue weighted by atomic mass is 10.1. The van der Waals surface area contributed by atoms with Crippen molar-refractivity contribution in [3.8, 4) is 11.3 Å². The third-order valence-electron chi connectivity index (χ3n) is 7.84. The van der Waals surface area contributed by atoms with Crippen molar-refractivity contribution in [1.82, 2.24) is 9.13 Å². The molecule has 0 fully saturated rings. The summed E-state index contributed by atoms with van der Waals surface area (Å²) in [6, 6.07) is 38.5. The van der Waals surface area contributed by atoms with Gasteiger partial charge in [-0.3, -0.25) is 0 Å². The van der Waals surface area contributed by atoms with Gasteiger partial charge in [0.05, 0.1) is 26.0 Å². The van der Waals surface area contributed by atoms with Gasteiger partial charge in [0.2, 0.25) is 15.3 Å². The number of pyridine rings is 2. The van der Waals surface area contributed by atoms with Crippen LogP contribution in [0.15, 0.2) is 138 Å². The normalized spacial score (nSPS) is 12.5. The van der Waals surface area contributed by atoms with E-state index in [4.69, 9.17) is 10.2 Å². The molecule has 0 saturated carbocycles. The molecule has 3 aromatic carbocycles. The molecule has 0 spiro atoms. The summed E-state index contributed by atoms with van der Waals surface area (Å²) >= 11 is 3.39. The van der Waals surface area contributed by atoms with Gasteiger partial charge in [0.25, 0.3) is 0 Å². The smallest absolute Gasteiger partial charge is 0.213 e. The molecule has 7 rings (SSSR count). The predicted octanol–water partition coefficient (Wildman–Crippen LogP) is 6.54. The number of thiazole rings is 2. The van der Waals surface area contributed by atoms with Crippen molar-refractivity contribution in [1.29, 1.82) is 0 Å². The fourth-order valence-corrected chi connectivity index (χ4v) is 7.70. The summed E-state index contributed by atoms with van der Waals surface area (Å²) in [5, 5.41) is 9.58. The molecular formula is C36H34N6S2+2. The van der Waals surface area contributed by atoms with E-state index >= 15 is 0 Å². The van der Waals surface area contributed by atoms with Crippen molar-refractivity contribution in [2.75, 3.05) is 0 Å². The number of hydrogen-bond donors (Lipinski definition) is 0. The van der Waals surface area contributed by atoms with Gasteiger partial charge < -0.3 is 9.13 Å². The van der Waals surface area contributed by atoms with E-state index in [2.05, 4.69) is 153 Å². The SMILES string of the molecule is CCn1/c(=N\N=c2\sc3ccccc3n2CCC[n+]2ccc(-c3cccc[n+]3Cc3ccccc3)cc2)sc2ccccc21. The van der Waals surface area contributed by atoms with E-state index in [0.29, 0.717) is 0 Å². The Balaban J connectivity index is 1.11. The maximum atomic E-state index is 4.81. The molecule has 7 aromatic rings. The summed E-state index contributed by atoms with van der Waals surface area (Å²) in [5.41, 5.74) is 6.13. The number of aryl methyl sites for hydroxylation is 3. The van der Waals surface area contributed by atoms with E-state index in [0.717, 1.165) is 42.2 Å². The quantitative estimate of drug-likeness (QED) is 0.131. The summed E-state index contributed by atoms with van der Waals surface area (Å²) in [4.78, 5) is 1.86. The van der Waals surface area contributed by atoms with Crippen LogP contribution in [0.5, 0.6) is 0 Å². The summed E-state index contributed by atoms with van der Waals surface area (Å²) in [6.07, 6.45) is 7.52. The highest BCUT2D eigenvalue weighted by Gasteiger charge is 2.15. The van der Waals surface area contributed by atoms with Crippen LogP contribution >= 0.6 is 22.7 Å². The zero-order valence-corrected chi connectivity index (χ0v) is 26.3. The third kappa shape index (κ3) is 5.91. The van der Waals surface area contributed by atoms with Crippen LogP contribution in [0.25, 0.3) is 31.7 Å². The maximum absolute atomic E-state index is 4.81. The molecule has 0 amide bonds. The Morgan fingerprint density at radius 1 is 0.636 bits per heavy atom. The average Bonchev–Trinajstić information content (AvgIpc) is 3.62. The van der Waals surface area contributed by atoms with E-state index in [1.165, 1.54) is 37.3 Å². The molecule has 6 nitrogen and oxygen atoms in total. The van der Waals surface area contributed by atoms with Gasteiger partial charge in [-0.2, -0.15) is 4.57 Å². The van der Waals surface area contributed by atoms with Gasteiger partial charge in [-0.1, -0.05) is 77.3 Å². The lowest BCUT2D eigenvalue weighted by Crippen LogP contribution is -2.37. The minimum atomic E-state index is 0.846. The Labute approximate surface area is 264 Å². The van der Waals surface area contributed by atoms with Crippen molar-refractivity contribution in [3.05, 3.63) is 143 Å². The Hall–Kier alpha value is -4.66. The minimum Gasteiger partial charge on any atom is -0.315 e. The van der Waals surface area contributed by atoms with Crippen LogP contribution in [0.4, 0.5) is 0 Å². The first-order valence-corrected chi connectivity index (χ1v) is 16.7. The molecule has 0 saturated heterocycles. The Morgan fingerprint density at radius 3 is 1.95 bits per heavy atom. The second kappa shape index (κ2) is 12.9. The molecule has 0 aliphatic carbocycles. The monoisotopic (exact) mass is 614 g/mol. The van der Waals surface area contributed by atoms with Crippen molar-refractivity contribution >= 4 is 43.1 Å². The highest BCUT2D eigenvalue weighted by atomic mass is 32.1. The van der Waals surface area contributed by atoms with Gasteiger partial charge in [0, 0.05) is 49.3 Å². The van der Waals surface area contributed by atoms with Crippen molar-refractivity contribution in [2.24, 2.45) is 10.2 Å². The van der Waals surface area contributed by atoms with Crippen LogP contribution in [-0.4, -0.2) is 9.13 Å². The van der Waals surface area contributed by atoms with Gasteiger partial charge in [0.15, 0.2) is 25.1 Å². The van der Waals surface area contributed by atoms with E-state index < -0.39 is 0 Å². The van der Waals surface area contributed by atoms with Gasteiger partial charge >= 0.3 is 0 Å². The summed E-state index contributed by atoms with van der Waals surface area (Å²) in [5.74, 6) is 0. The zero-order valence-electron chi connectivity index (χ0n) is 24.7. The highest BCUT2D eigenvalue weighted by Crippen LogP contribution is 2.19. The number of fused-ring (bicyclic) bond motifs is 2. The van der Waals surface area contributed by atoms with E-state index in [1.54, 1.807) is 22.7 Å². The molecule has 0 radical (unpaired) electrons. The fourth-order valence-electron chi connectivity index (χ4n) is 5.65. The first kappa shape index (κ1) is 28.1. The maximum Gasteiger partial charge on any atom is 0.213 e. The molecule has 0 unspecified atom stereocenters. The summed E-state index contributed by atoms with van der Waals surface area (Å²) in [7, 11) is 0. The fraction of sp³-hybridized carbons (Fsp3) is 0.167. The molecule has 0 aliphatic heterocycles. The second-order valence-corrected chi connectivity index (χ2v) is 12.7. The lowest BCUT2D eigenvalue weighted by molar-refractivity contribution is -0.697. The number of nitrogens with zero attached hydrogens (tertiary/aromatic N) is 6. The van der Waals surface area contributed by atoms with Crippen LogP contribution in [0.2, 0.25) is 0 Å². The largest absolute Gasteiger partial charge is 0.315 e. The van der Waals surface area contributed by atoms with E-state index in [1.807, 2.05) is 0 Å². The third-order valence-corrected chi connectivity index (χ3v) is 9.93. The van der Waals surface area contributed by atoms with Crippen molar-refractivity contribution < 1.29 is 9.13 Å². The van der Waals surface area contributed by atoms with Crippen LogP contribution in [-0.2, 0) is 26.2 Å². The number of para-hydroxylation sites is 2. The Kier molecular flexibility index (Phi) is 8.26. The van der Waals surface area contributed by atoms with Crippen molar-refractivity contribution in [2.45, 2.75) is 39.5 Å². The average molecular weight is 615 g/mol. The molecule has 0 bridgehead atoms. The lowest BCUT2D eigenvalue weighted by Gasteiger charge is -2.05. The molecule has 44 heavy (non-hydrogen) atoms. The molecule has 0 N–H and O–H groups in total. The molecule has 0 atom stereocenters. The van der Waals surface area contributed by atoms with E-state index in [9.17, 15) is 0 Å². The topological polar surface area (TPSA) is 42.3 Å². The van der Waals surface area contributed by atoms with Gasteiger partial charge in [-0.15, -0.1) is 10.2 Å². The minimum absolute atomic E-state index is 0.846. The molecule has 4 heterocycles. The van der Waals surface area contributed by atoms with Crippen LogP contribution in [0.1, 0.15) is 18.9 Å². The number of hydrogen-bond acceptors (Lipinski definition) is 4. The van der Waals surface area contributed by atoms with Crippen molar-refractivity contribution in [3.63, 3.8) is 0 Å². The van der Waals surface area contributed by atoms with Gasteiger partial charge in [-0.05, 0) is 37.3 Å². The standard InChI is InChI=1S/C36H34N6S2/c1-2-41-31-16-6-8-18-33(31)43-35(41)37-38-36-42(32-17-7-9-19-34(32)44-36)24-12-22-39-25-20-29(21-26-39)30-15-10-11-23-40(30)27-28-13-4-3-5-14-28/h3-11,13-21,23,25-26H,2,12,22,24,27H2,1H3/q+2/b37-35+,38-36+. The molecule has 8 heteroatoms. The van der Waals surface area contributed by atoms with Crippen LogP contribution in [0.3, 0.4) is 0 Å².